The zero-order valence-corrected chi connectivity index (χ0v) is 19.0. The Morgan fingerprint density at radius 2 is 1.60 bits per heavy atom. The van der Waals surface area contributed by atoms with Gasteiger partial charge in [0.25, 0.3) is 0 Å². The normalized spacial score (nSPS) is 11.1. The first-order chi connectivity index (χ1) is 17.2. The summed E-state index contributed by atoms with van der Waals surface area (Å²) in [6, 6.07) is 15.9. The van der Waals surface area contributed by atoms with Crippen molar-refractivity contribution >= 4 is 23.6 Å². The van der Waals surface area contributed by atoms with Crippen molar-refractivity contribution in [3.8, 4) is 22.5 Å². The molecule has 0 aliphatic heterocycles. The number of hydrogen-bond donors (Lipinski definition) is 1. The van der Waals surface area contributed by atoms with Crippen molar-refractivity contribution in [2.24, 2.45) is 0 Å². The molecule has 5 aromatic rings. The molecule has 35 heavy (non-hydrogen) atoms. The minimum atomic E-state index is 0.123. The fraction of sp³-hybridized carbons (Fsp3) is 0.200. The van der Waals surface area contributed by atoms with Gasteiger partial charge in [-0.05, 0) is 28.3 Å². The molecule has 0 bridgehead atoms. The van der Waals surface area contributed by atoms with Gasteiger partial charge in [-0.1, -0.05) is 61.9 Å². The number of aromatic amines is 1. The highest BCUT2D eigenvalue weighted by Gasteiger charge is 2.21. The Morgan fingerprint density at radius 1 is 0.886 bits per heavy atom. The van der Waals surface area contributed by atoms with Crippen LogP contribution in [0.15, 0.2) is 48.5 Å². The van der Waals surface area contributed by atoms with Crippen molar-refractivity contribution in [2.45, 2.75) is 32.7 Å². The second kappa shape index (κ2) is 9.72. The molecule has 0 spiro atoms. The molecule has 0 saturated heterocycles. The molecule has 2 aromatic carbocycles. The smallest absolute Gasteiger partial charge is 0.205 e. The maximum absolute atomic E-state index is 11.9. The van der Waals surface area contributed by atoms with Crippen molar-refractivity contribution in [3.05, 3.63) is 71.3 Å². The predicted molar refractivity (Wildman–Crippen MR) is 129 cm³/mol. The Balaban J connectivity index is 1.69. The third kappa shape index (κ3) is 4.10. The van der Waals surface area contributed by atoms with Gasteiger partial charge in [0.15, 0.2) is 24.0 Å². The minimum absolute atomic E-state index is 0.123. The number of benzene rings is 2. The van der Waals surface area contributed by atoms with Gasteiger partial charge in [0.2, 0.25) is 5.82 Å². The lowest BCUT2D eigenvalue weighted by molar-refractivity contribution is 0.110. The molecule has 1 N–H and O–H groups in total. The van der Waals surface area contributed by atoms with E-state index in [0.29, 0.717) is 42.4 Å². The molecule has 0 saturated carbocycles. The summed E-state index contributed by atoms with van der Waals surface area (Å²) in [4.78, 5) is 28.2. The number of unbranched alkanes of at least 4 members (excludes halogenated alkanes) is 1. The van der Waals surface area contributed by atoms with E-state index in [1.165, 1.54) is 0 Å². The van der Waals surface area contributed by atoms with Gasteiger partial charge in [-0.3, -0.25) is 9.59 Å². The SMILES string of the molecule is CCCCc1nc2c(C=O)nnc(C=O)c2n1Cc1ccccc1-c1ccccc1-c1nn[nH]n1. The monoisotopic (exact) mass is 466 g/mol. The predicted octanol–water partition coefficient (Wildman–Crippen LogP) is 3.69. The number of nitrogens with zero attached hydrogens (tertiary/aromatic N) is 7. The zero-order valence-electron chi connectivity index (χ0n) is 19.0. The lowest BCUT2D eigenvalue weighted by Gasteiger charge is -2.15. The Bertz CT molecular complexity index is 1510. The number of aromatic nitrogens is 8. The van der Waals surface area contributed by atoms with Crippen LogP contribution in [-0.2, 0) is 13.0 Å². The number of carbonyl (C=O) groups is 2. The maximum atomic E-state index is 11.9. The van der Waals surface area contributed by atoms with Crippen LogP contribution in [0.5, 0.6) is 0 Å². The molecule has 10 nitrogen and oxygen atoms in total. The van der Waals surface area contributed by atoms with Crippen LogP contribution in [0.4, 0.5) is 0 Å². The van der Waals surface area contributed by atoms with Crippen LogP contribution in [0.25, 0.3) is 33.5 Å². The van der Waals surface area contributed by atoms with Crippen molar-refractivity contribution in [3.63, 3.8) is 0 Å². The molecule has 5 rings (SSSR count). The molecule has 0 aliphatic carbocycles. The molecule has 0 radical (unpaired) electrons. The van der Waals surface area contributed by atoms with Crippen molar-refractivity contribution in [1.82, 2.24) is 40.4 Å². The molecule has 0 aliphatic rings. The van der Waals surface area contributed by atoms with E-state index in [1.54, 1.807) is 0 Å². The Kier molecular flexibility index (Phi) is 6.16. The van der Waals surface area contributed by atoms with E-state index in [1.807, 2.05) is 53.1 Å². The van der Waals surface area contributed by atoms with Crippen LogP contribution in [0, 0.1) is 0 Å². The van der Waals surface area contributed by atoms with Crippen LogP contribution in [0.2, 0.25) is 0 Å². The van der Waals surface area contributed by atoms with Gasteiger partial charge < -0.3 is 4.57 Å². The van der Waals surface area contributed by atoms with Crippen molar-refractivity contribution < 1.29 is 9.59 Å². The number of aldehydes is 2. The van der Waals surface area contributed by atoms with Crippen LogP contribution in [-0.4, -0.2) is 52.9 Å². The molecular weight excluding hydrogens is 444 g/mol. The largest absolute Gasteiger partial charge is 0.321 e. The molecular formula is C25H22N8O2. The third-order valence-electron chi connectivity index (χ3n) is 5.92. The van der Waals surface area contributed by atoms with Gasteiger partial charge in [-0.25, -0.2) is 4.98 Å². The van der Waals surface area contributed by atoms with Crippen molar-refractivity contribution in [2.75, 3.05) is 0 Å². The first-order valence-electron chi connectivity index (χ1n) is 11.3. The molecule has 0 atom stereocenters. The molecule has 10 heteroatoms. The van der Waals surface area contributed by atoms with E-state index in [0.717, 1.165) is 40.9 Å². The fourth-order valence-corrected chi connectivity index (χ4v) is 4.27. The number of imidazole rings is 1. The summed E-state index contributed by atoms with van der Waals surface area (Å²) in [5.41, 5.74) is 4.98. The summed E-state index contributed by atoms with van der Waals surface area (Å²) in [6.45, 7) is 2.53. The molecule has 3 heterocycles. The highest BCUT2D eigenvalue weighted by molar-refractivity contribution is 5.99. The number of aryl methyl sites for hydroxylation is 1. The average Bonchev–Trinajstić information content (AvgIpc) is 3.56. The van der Waals surface area contributed by atoms with E-state index >= 15 is 0 Å². The topological polar surface area (TPSA) is 132 Å². The van der Waals surface area contributed by atoms with Crippen molar-refractivity contribution in [1.29, 1.82) is 0 Å². The molecule has 3 aromatic heterocycles. The molecule has 0 fully saturated rings. The highest BCUT2D eigenvalue weighted by Crippen LogP contribution is 2.33. The second-order valence-corrected chi connectivity index (χ2v) is 8.06. The quantitative estimate of drug-likeness (QED) is 0.325. The number of hydrogen-bond acceptors (Lipinski definition) is 8. The van der Waals surface area contributed by atoms with Crippen LogP contribution >= 0.6 is 0 Å². The van der Waals surface area contributed by atoms with Gasteiger partial charge in [0, 0.05) is 12.0 Å². The van der Waals surface area contributed by atoms with Gasteiger partial charge in [-0.2, -0.15) is 5.21 Å². The summed E-state index contributed by atoms with van der Waals surface area (Å²) in [7, 11) is 0. The number of H-pyrrole nitrogens is 1. The van der Waals surface area contributed by atoms with E-state index in [2.05, 4.69) is 37.7 Å². The Hall–Kier alpha value is -4.60. The van der Waals surface area contributed by atoms with E-state index in [9.17, 15) is 9.59 Å². The number of fused-ring (bicyclic) bond motifs is 1. The molecule has 0 amide bonds. The Morgan fingerprint density at radius 3 is 2.31 bits per heavy atom. The van der Waals surface area contributed by atoms with Crippen LogP contribution < -0.4 is 0 Å². The van der Waals surface area contributed by atoms with Gasteiger partial charge in [0.05, 0.1) is 6.54 Å². The Labute approximate surface area is 200 Å². The van der Waals surface area contributed by atoms with Gasteiger partial charge in [-0.15, -0.1) is 20.4 Å². The van der Waals surface area contributed by atoms with Gasteiger partial charge >= 0.3 is 0 Å². The first-order valence-corrected chi connectivity index (χ1v) is 11.3. The zero-order chi connectivity index (χ0) is 24.2. The second-order valence-electron chi connectivity index (χ2n) is 8.06. The van der Waals surface area contributed by atoms with Crippen LogP contribution in [0.1, 0.15) is 52.1 Å². The molecule has 0 unspecified atom stereocenters. The van der Waals surface area contributed by atoms with E-state index in [-0.39, 0.29) is 11.4 Å². The number of tetrazole rings is 1. The highest BCUT2D eigenvalue weighted by atomic mass is 16.1. The fourth-order valence-electron chi connectivity index (χ4n) is 4.27. The molecule has 174 valence electrons. The standard InChI is InChI=1S/C25H22N8O2/c1-2-3-12-22-26-23-20(14-34)27-28-21(15-35)24(23)33(22)13-16-8-4-5-9-17(16)18-10-6-7-11-19(18)25-29-31-32-30-25/h4-11,14-15H,2-3,12-13H2,1H3,(H,29,30,31,32). The summed E-state index contributed by atoms with van der Waals surface area (Å²) in [5.74, 6) is 1.28. The summed E-state index contributed by atoms with van der Waals surface area (Å²) in [5, 5.41) is 22.4. The maximum Gasteiger partial charge on any atom is 0.205 e. The minimum Gasteiger partial charge on any atom is -0.321 e. The van der Waals surface area contributed by atoms with E-state index in [4.69, 9.17) is 4.98 Å². The van der Waals surface area contributed by atoms with Crippen LogP contribution in [0.3, 0.4) is 0 Å². The average molecular weight is 467 g/mol. The van der Waals surface area contributed by atoms with Gasteiger partial charge in [0.1, 0.15) is 16.9 Å². The first kappa shape index (κ1) is 22.2. The number of nitrogens with one attached hydrogen (secondary N) is 1. The third-order valence-corrected chi connectivity index (χ3v) is 5.92. The van der Waals surface area contributed by atoms with E-state index < -0.39 is 0 Å². The summed E-state index contributed by atoms with van der Waals surface area (Å²) < 4.78 is 1.98. The number of rotatable bonds is 9. The lowest BCUT2D eigenvalue weighted by atomic mass is 9.95. The lowest BCUT2D eigenvalue weighted by Crippen LogP contribution is -2.09. The summed E-state index contributed by atoms with van der Waals surface area (Å²) in [6.07, 6.45) is 3.88. The number of carbonyl (C=O) groups excluding carboxylic acids is 2. The summed E-state index contributed by atoms with van der Waals surface area (Å²) >= 11 is 0.